The molecular weight excluding hydrogens is 354 g/mol. The normalized spacial score (nSPS) is 10.8. The van der Waals surface area contributed by atoms with Gasteiger partial charge in [-0.25, -0.2) is 4.98 Å². The molecule has 0 aliphatic rings. The highest BCUT2D eigenvalue weighted by molar-refractivity contribution is 7.13. The Morgan fingerprint density at radius 1 is 1.31 bits per heavy atom. The number of thiazole rings is 1. The number of carbonyl (C=O) groups excluding carboxylic acids is 1. The Kier molecular flexibility index (Phi) is 5.98. The van der Waals surface area contributed by atoms with Gasteiger partial charge in [-0.05, 0) is 25.1 Å². The molecule has 1 aromatic carbocycles. The molecule has 0 spiro atoms. The average molecular weight is 373 g/mol. The maximum Gasteiger partial charge on any atom is 0.264 e. The minimum Gasteiger partial charge on any atom is -0.483 e. The molecule has 1 amide bonds. The van der Waals surface area contributed by atoms with Crippen molar-refractivity contribution in [2.24, 2.45) is 0 Å². The second kappa shape index (κ2) is 8.59. The van der Waals surface area contributed by atoms with E-state index in [4.69, 9.17) is 9.47 Å². The first kappa shape index (κ1) is 18.1. The zero-order valence-electron chi connectivity index (χ0n) is 14.3. The standard InChI is InChI=1S/C18H19N3O4S/c1-2-24-10-9-21-8-6-13-14(17(21)23)4-3-5-15(13)25-12-16(22)20-18-19-7-11-26-18/h3-8,11H,2,9-10,12H2,1H3,(H,19,20,22). The highest BCUT2D eigenvalue weighted by atomic mass is 32.1. The topological polar surface area (TPSA) is 82.4 Å². The second-order valence-electron chi connectivity index (χ2n) is 5.40. The van der Waals surface area contributed by atoms with Gasteiger partial charge in [-0.15, -0.1) is 11.3 Å². The smallest absolute Gasteiger partial charge is 0.264 e. The average Bonchev–Trinajstić information content (AvgIpc) is 3.15. The summed E-state index contributed by atoms with van der Waals surface area (Å²) in [5, 5.41) is 6.17. The van der Waals surface area contributed by atoms with E-state index in [1.807, 2.05) is 13.0 Å². The number of ether oxygens (including phenoxy) is 2. The lowest BCUT2D eigenvalue weighted by molar-refractivity contribution is -0.118. The van der Waals surface area contributed by atoms with Crippen LogP contribution in [0.15, 0.2) is 46.8 Å². The fraction of sp³-hybridized carbons (Fsp3) is 0.278. The molecule has 3 aromatic rings. The van der Waals surface area contributed by atoms with Gasteiger partial charge >= 0.3 is 0 Å². The molecule has 7 nitrogen and oxygen atoms in total. The molecule has 8 heteroatoms. The van der Waals surface area contributed by atoms with Gasteiger partial charge in [-0.1, -0.05) is 6.07 Å². The third-order valence-electron chi connectivity index (χ3n) is 3.70. The largest absolute Gasteiger partial charge is 0.483 e. The van der Waals surface area contributed by atoms with Gasteiger partial charge in [0.2, 0.25) is 0 Å². The van der Waals surface area contributed by atoms with E-state index >= 15 is 0 Å². The molecule has 0 saturated heterocycles. The van der Waals surface area contributed by atoms with E-state index in [1.54, 1.807) is 40.5 Å². The number of nitrogens with one attached hydrogen (secondary N) is 1. The van der Waals surface area contributed by atoms with E-state index in [1.165, 1.54) is 11.3 Å². The minimum atomic E-state index is -0.304. The maximum absolute atomic E-state index is 12.6. The van der Waals surface area contributed by atoms with Crippen molar-refractivity contribution in [1.82, 2.24) is 9.55 Å². The van der Waals surface area contributed by atoms with Crippen LogP contribution in [0.3, 0.4) is 0 Å². The van der Waals surface area contributed by atoms with Crippen LogP contribution >= 0.6 is 11.3 Å². The van der Waals surface area contributed by atoms with Crippen LogP contribution in [-0.2, 0) is 16.1 Å². The molecule has 0 bridgehead atoms. The molecule has 0 aliphatic heterocycles. The summed E-state index contributed by atoms with van der Waals surface area (Å²) in [6, 6.07) is 7.04. The number of hydrogen-bond donors (Lipinski definition) is 1. The molecule has 0 aliphatic carbocycles. The molecule has 3 rings (SSSR count). The molecular formula is C18H19N3O4S. The van der Waals surface area contributed by atoms with Crippen LogP contribution in [0.4, 0.5) is 5.13 Å². The number of benzene rings is 1. The number of nitrogens with zero attached hydrogens (tertiary/aromatic N) is 2. The van der Waals surface area contributed by atoms with E-state index in [0.29, 0.717) is 41.4 Å². The zero-order valence-corrected chi connectivity index (χ0v) is 15.1. The van der Waals surface area contributed by atoms with Gasteiger partial charge in [0.1, 0.15) is 5.75 Å². The molecule has 0 unspecified atom stereocenters. The van der Waals surface area contributed by atoms with E-state index in [9.17, 15) is 9.59 Å². The Bertz CT molecular complexity index is 937. The van der Waals surface area contributed by atoms with Gasteiger partial charge in [0.05, 0.1) is 12.0 Å². The fourth-order valence-corrected chi connectivity index (χ4v) is 3.03. The Morgan fingerprint density at radius 3 is 2.96 bits per heavy atom. The van der Waals surface area contributed by atoms with E-state index < -0.39 is 0 Å². The van der Waals surface area contributed by atoms with Crippen LogP contribution in [0.2, 0.25) is 0 Å². The van der Waals surface area contributed by atoms with Crippen molar-refractivity contribution in [2.75, 3.05) is 25.1 Å². The predicted molar refractivity (Wildman–Crippen MR) is 101 cm³/mol. The SMILES string of the molecule is CCOCCn1ccc2c(OCC(=O)Nc3nccs3)cccc2c1=O. The summed E-state index contributed by atoms with van der Waals surface area (Å²) in [4.78, 5) is 28.5. The third-order valence-corrected chi connectivity index (χ3v) is 4.39. The van der Waals surface area contributed by atoms with Crippen LogP contribution in [0, 0.1) is 0 Å². The van der Waals surface area contributed by atoms with Gasteiger partial charge in [0.15, 0.2) is 11.7 Å². The molecule has 1 N–H and O–H groups in total. The monoisotopic (exact) mass is 373 g/mol. The number of fused-ring (bicyclic) bond motifs is 1. The molecule has 0 radical (unpaired) electrons. The summed E-state index contributed by atoms with van der Waals surface area (Å²) < 4.78 is 12.5. The summed E-state index contributed by atoms with van der Waals surface area (Å²) in [6.45, 7) is 3.34. The summed E-state index contributed by atoms with van der Waals surface area (Å²) in [6.07, 6.45) is 3.33. The molecule has 0 atom stereocenters. The van der Waals surface area contributed by atoms with Crippen LogP contribution in [0.5, 0.6) is 5.75 Å². The summed E-state index contributed by atoms with van der Waals surface area (Å²) >= 11 is 1.33. The molecule has 2 heterocycles. The van der Waals surface area contributed by atoms with Gasteiger partial charge in [0, 0.05) is 36.3 Å². The summed E-state index contributed by atoms with van der Waals surface area (Å²) in [5.74, 6) is 0.188. The number of rotatable bonds is 8. The van der Waals surface area contributed by atoms with E-state index in [0.717, 1.165) is 0 Å². The number of carbonyl (C=O) groups is 1. The minimum absolute atomic E-state index is 0.111. The van der Waals surface area contributed by atoms with Gasteiger partial charge < -0.3 is 14.0 Å². The Balaban J connectivity index is 1.73. The Morgan fingerprint density at radius 2 is 2.19 bits per heavy atom. The van der Waals surface area contributed by atoms with Crippen LogP contribution < -0.4 is 15.6 Å². The van der Waals surface area contributed by atoms with Crippen LogP contribution in [0.25, 0.3) is 10.8 Å². The van der Waals surface area contributed by atoms with Crippen molar-refractivity contribution in [3.63, 3.8) is 0 Å². The molecule has 2 aromatic heterocycles. The Hall–Kier alpha value is -2.71. The van der Waals surface area contributed by atoms with Crippen LogP contribution in [-0.4, -0.2) is 35.3 Å². The first-order chi connectivity index (χ1) is 12.7. The van der Waals surface area contributed by atoms with Crippen molar-refractivity contribution in [3.8, 4) is 5.75 Å². The van der Waals surface area contributed by atoms with Crippen molar-refractivity contribution in [3.05, 3.63) is 52.4 Å². The lowest BCUT2D eigenvalue weighted by atomic mass is 10.1. The number of amides is 1. The van der Waals surface area contributed by atoms with Crippen molar-refractivity contribution >= 4 is 33.1 Å². The van der Waals surface area contributed by atoms with Gasteiger partial charge in [-0.2, -0.15) is 0 Å². The first-order valence-corrected chi connectivity index (χ1v) is 9.09. The second-order valence-corrected chi connectivity index (χ2v) is 6.30. The first-order valence-electron chi connectivity index (χ1n) is 8.21. The quantitative estimate of drug-likeness (QED) is 0.614. The van der Waals surface area contributed by atoms with Gasteiger partial charge in [0.25, 0.3) is 11.5 Å². The number of pyridine rings is 1. The molecule has 136 valence electrons. The van der Waals surface area contributed by atoms with Crippen molar-refractivity contribution in [1.29, 1.82) is 0 Å². The van der Waals surface area contributed by atoms with Crippen molar-refractivity contribution in [2.45, 2.75) is 13.5 Å². The predicted octanol–water partition coefficient (Wildman–Crippen LogP) is 2.51. The van der Waals surface area contributed by atoms with Crippen molar-refractivity contribution < 1.29 is 14.3 Å². The third kappa shape index (κ3) is 4.27. The zero-order chi connectivity index (χ0) is 18.4. The maximum atomic E-state index is 12.6. The number of anilines is 1. The van der Waals surface area contributed by atoms with Gasteiger partial charge in [-0.3, -0.25) is 14.9 Å². The number of aromatic nitrogens is 2. The highest BCUT2D eigenvalue weighted by Gasteiger charge is 2.10. The highest BCUT2D eigenvalue weighted by Crippen LogP contribution is 2.23. The number of hydrogen-bond acceptors (Lipinski definition) is 6. The van der Waals surface area contributed by atoms with Crippen LogP contribution in [0.1, 0.15) is 6.92 Å². The summed E-state index contributed by atoms with van der Waals surface area (Å²) in [5.41, 5.74) is -0.111. The lowest BCUT2D eigenvalue weighted by Crippen LogP contribution is -2.22. The van der Waals surface area contributed by atoms with E-state index in [-0.39, 0.29) is 18.1 Å². The Labute approximate surface area is 154 Å². The molecule has 26 heavy (non-hydrogen) atoms. The lowest BCUT2D eigenvalue weighted by Gasteiger charge is -2.11. The molecule has 0 saturated carbocycles. The summed E-state index contributed by atoms with van der Waals surface area (Å²) in [7, 11) is 0. The fourth-order valence-electron chi connectivity index (χ4n) is 2.48. The van der Waals surface area contributed by atoms with E-state index in [2.05, 4.69) is 10.3 Å². The molecule has 0 fully saturated rings.